The van der Waals surface area contributed by atoms with Gasteiger partial charge < -0.3 is 5.11 Å². The monoisotopic (exact) mass is 431 g/mol. The molecule has 1 aromatic heterocycles. The van der Waals surface area contributed by atoms with Crippen molar-refractivity contribution in [2.24, 2.45) is 0 Å². The average molecular weight is 432 g/mol. The fourth-order valence-electron chi connectivity index (χ4n) is 3.33. The van der Waals surface area contributed by atoms with Crippen molar-refractivity contribution in [3.05, 3.63) is 86.9 Å². The first-order valence-electron chi connectivity index (χ1n) is 9.35. The lowest BCUT2D eigenvalue weighted by molar-refractivity contribution is 0.0695. The highest BCUT2D eigenvalue weighted by Crippen LogP contribution is 2.29. The van der Waals surface area contributed by atoms with Gasteiger partial charge in [-0.05, 0) is 55.2 Å². The maximum atomic E-state index is 14.4. The van der Waals surface area contributed by atoms with Crippen molar-refractivity contribution in [3.63, 3.8) is 0 Å². The zero-order chi connectivity index (χ0) is 21.0. The molecule has 0 saturated carbocycles. The molecule has 0 aliphatic heterocycles. The van der Waals surface area contributed by atoms with Crippen LogP contribution in [0, 0.1) is 5.82 Å². The summed E-state index contributed by atoms with van der Waals surface area (Å²) >= 11 is 12.1. The molecule has 1 heterocycles. The van der Waals surface area contributed by atoms with E-state index in [2.05, 4.69) is 4.98 Å². The van der Waals surface area contributed by atoms with Crippen molar-refractivity contribution < 1.29 is 14.3 Å². The number of carboxylic acid groups (broad SMARTS) is 1. The first-order valence-corrected chi connectivity index (χ1v) is 10.1. The molecule has 6 heteroatoms. The van der Waals surface area contributed by atoms with Crippen molar-refractivity contribution in [3.8, 4) is 11.1 Å². The van der Waals surface area contributed by atoms with Crippen LogP contribution in [0.5, 0.6) is 0 Å². The summed E-state index contributed by atoms with van der Waals surface area (Å²) in [4.78, 5) is 16.6. The number of hydrogen-bond donors (Lipinski definition) is 1. The molecular weight excluding hydrogens is 412 g/mol. The Morgan fingerprint density at radius 3 is 2.28 bits per heavy atom. The molecule has 0 amide bonds. The summed E-state index contributed by atoms with van der Waals surface area (Å²) in [5.74, 6) is -1.48. The van der Waals surface area contributed by atoms with Crippen LogP contribution in [0.25, 0.3) is 11.1 Å². The summed E-state index contributed by atoms with van der Waals surface area (Å²) in [5.41, 5.74) is 3.03. The Kier molecular flexibility index (Phi) is 6.88. The predicted octanol–water partition coefficient (Wildman–Crippen LogP) is 6.63. The third-order valence-electron chi connectivity index (χ3n) is 4.63. The van der Waals surface area contributed by atoms with Crippen LogP contribution in [-0.4, -0.2) is 16.1 Å². The van der Waals surface area contributed by atoms with E-state index in [1.807, 2.05) is 6.92 Å². The van der Waals surface area contributed by atoms with Gasteiger partial charge in [0.1, 0.15) is 5.82 Å². The number of carbonyl (C=O) groups is 1. The fraction of sp³-hybridized carbons (Fsp3) is 0.217. The van der Waals surface area contributed by atoms with E-state index in [0.717, 1.165) is 12.0 Å². The average Bonchev–Trinajstić information content (AvgIpc) is 2.66. The number of pyridine rings is 1. The van der Waals surface area contributed by atoms with Crippen LogP contribution >= 0.6 is 23.2 Å². The maximum absolute atomic E-state index is 14.4. The van der Waals surface area contributed by atoms with Gasteiger partial charge in [0, 0.05) is 26.9 Å². The molecule has 0 radical (unpaired) electrons. The lowest BCUT2D eigenvalue weighted by Gasteiger charge is -2.14. The smallest absolute Gasteiger partial charge is 0.337 e. The Morgan fingerprint density at radius 2 is 1.66 bits per heavy atom. The highest BCUT2D eigenvalue weighted by molar-refractivity contribution is 6.34. The molecule has 29 heavy (non-hydrogen) atoms. The molecule has 3 aromatic rings. The highest BCUT2D eigenvalue weighted by Gasteiger charge is 2.19. The molecule has 2 aromatic carbocycles. The Bertz CT molecular complexity index is 1030. The lowest BCUT2D eigenvalue weighted by Crippen LogP contribution is -2.10. The number of aryl methyl sites for hydroxylation is 3. The van der Waals surface area contributed by atoms with Gasteiger partial charge in [-0.3, -0.25) is 4.98 Å². The Balaban J connectivity index is 2.03. The molecule has 0 bridgehead atoms. The summed E-state index contributed by atoms with van der Waals surface area (Å²) in [7, 11) is 0. The quantitative estimate of drug-likeness (QED) is 0.456. The maximum Gasteiger partial charge on any atom is 0.337 e. The van der Waals surface area contributed by atoms with Crippen molar-refractivity contribution in [1.82, 2.24) is 4.98 Å². The molecular formula is C23H20Cl2FNO2. The number of nitrogens with zero attached hydrogens (tertiary/aromatic N) is 1. The van der Waals surface area contributed by atoms with Crippen LogP contribution in [-0.2, 0) is 19.3 Å². The van der Waals surface area contributed by atoms with Crippen molar-refractivity contribution in [2.45, 2.75) is 32.6 Å². The third kappa shape index (κ3) is 5.14. The molecule has 0 spiro atoms. The first kappa shape index (κ1) is 21.3. The molecule has 1 N–H and O–H groups in total. The van der Waals surface area contributed by atoms with Crippen LogP contribution < -0.4 is 0 Å². The molecule has 3 nitrogen and oxygen atoms in total. The van der Waals surface area contributed by atoms with Gasteiger partial charge in [0.25, 0.3) is 0 Å². The standard InChI is InChI=1S/C23H20Cl2FNO2/c1-2-5-21-18(17-6-3-4-7-20(17)26)13-19(23(28)29)22(27-21)9-8-14-10-15(24)12-16(25)11-14/h3-4,6-7,10-13H,2,5,8-9H2,1H3,(H,28,29). The van der Waals surface area contributed by atoms with Gasteiger partial charge in [-0.25, -0.2) is 9.18 Å². The molecule has 0 fully saturated rings. The molecule has 0 atom stereocenters. The Morgan fingerprint density at radius 1 is 0.966 bits per heavy atom. The van der Waals surface area contributed by atoms with E-state index in [-0.39, 0.29) is 5.56 Å². The Hall–Kier alpha value is -2.43. The fourth-order valence-corrected chi connectivity index (χ4v) is 3.90. The first-order chi connectivity index (χ1) is 13.9. The molecule has 150 valence electrons. The van der Waals surface area contributed by atoms with Crippen LogP contribution in [0.1, 0.15) is 40.7 Å². The molecule has 0 aliphatic rings. The predicted molar refractivity (Wildman–Crippen MR) is 114 cm³/mol. The number of rotatable bonds is 7. The number of aromatic nitrogens is 1. The molecule has 0 saturated heterocycles. The van der Waals surface area contributed by atoms with Crippen LogP contribution in [0.2, 0.25) is 10.0 Å². The number of hydrogen-bond acceptors (Lipinski definition) is 2. The van der Waals surface area contributed by atoms with Crippen molar-refractivity contribution in [2.75, 3.05) is 0 Å². The largest absolute Gasteiger partial charge is 0.478 e. The summed E-state index contributed by atoms with van der Waals surface area (Å²) in [5, 5.41) is 10.8. The van der Waals surface area contributed by atoms with Crippen molar-refractivity contribution >= 4 is 29.2 Å². The number of halogens is 3. The summed E-state index contributed by atoms with van der Waals surface area (Å²) in [6, 6.07) is 13.1. The van der Waals surface area contributed by atoms with Crippen LogP contribution in [0.4, 0.5) is 4.39 Å². The van der Waals surface area contributed by atoms with Gasteiger partial charge in [-0.1, -0.05) is 54.7 Å². The second kappa shape index (κ2) is 9.38. The minimum absolute atomic E-state index is 0.0798. The van der Waals surface area contributed by atoms with Gasteiger partial charge in [0.15, 0.2) is 0 Å². The van der Waals surface area contributed by atoms with Gasteiger partial charge in [-0.15, -0.1) is 0 Å². The van der Waals surface area contributed by atoms with E-state index in [4.69, 9.17) is 23.2 Å². The molecule has 3 rings (SSSR count). The Labute approximate surface area is 179 Å². The minimum atomic E-state index is -1.09. The van der Waals surface area contributed by atoms with E-state index < -0.39 is 11.8 Å². The summed E-state index contributed by atoms with van der Waals surface area (Å²) in [6.07, 6.45) is 2.38. The van der Waals surface area contributed by atoms with Crippen molar-refractivity contribution in [1.29, 1.82) is 0 Å². The topological polar surface area (TPSA) is 50.2 Å². The van der Waals surface area contributed by atoms with Crippen LogP contribution in [0.3, 0.4) is 0 Å². The minimum Gasteiger partial charge on any atom is -0.478 e. The highest BCUT2D eigenvalue weighted by atomic mass is 35.5. The second-order valence-corrected chi connectivity index (χ2v) is 7.66. The summed E-state index contributed by atoms with van der Waals surface area (Å²) < 4.78 is 14.4. The summed E-state index contributed by atoms with van der Waals surface area (Å²) in [6.45, 7) is 2.01. The SMILES string of the molecule is CCCc1nc(CCc2cc(Cl)cc(Cl)c2)c(C(=O)O)cc1-c1ccccc1F. The van der Waals surface area contributed by atoms with E-state index in [1.54, 1.807) is 42.5 Å². The van der Waals surface area contributed by atoms with Gasteiger partial charge in [0.05, 0.1) is 11.3 Å². The van der Waals surface area contributed by atoms with E-state index in [9.17, 15) is 14.3 Å². The van der Waals surface area contributed by atoms with E-state index in [1.165, 1.54) is 6.07 Å². The zero-order valence-electron chi connectivity index (χ0n) is 15.9. The normalized spacial score (nSPS) is 10.9. The van der Waals surface area contributed by atoms with E-state index >= 15 is 0 Å². The lowest BCUT2D eigenvalue weighted by atomic mass is 9.96. The third-order valence-corrected chi connectivity index (χ3v) is 5.07. The van der Waals surface area contributed by atoms with Gasteiger partial charge >= 0.3 is 5.97 Å². The number of carboxylic acids is 1. The molecule has 0 unspecified atom stereocenters. The number of benzene rings is 2. The zero-order valence-corrected chi connectivity index (χ0v) is 17.4. The van der Waals surface area contributed by atoms with Crippen LogP contribution in [0.15, 0.2) is 48.5 Å². The van der Waals surface area contributed by atoms with Gasteiger partial charge in [0.2, 0.25) is 0 Å². The molecule has 0 aliphatic carbocycles. The number of aromatic carboxylic acids is 1. The second-order valence-electron chi connectivity index (χ2n) is 6.79. The van der Waals surface area contributed by atoms with E-state index in [0.29, 0.717) is 51.8 Å². The van der Waals surface area contributed by atoms with Gasteiger partial charge in [-0.2, -0.15) is 0 Å².